The maximum Gasteiger partial charge on any atom is 0.312 e. The number of hydroxylamine groups is 2. The summed E-state index contributed by atoms with van der Waals surface area (Å²) in [5.41, 5.74) is 1.20. The van der Waals surface area contributed by atoms with Gasteiger partial charge in [0.05, 0.1) is 36.3 Å². The van der Waals surface area contributed by atoms with E-state index in [4.69, 9.17) is 14.8 Å². The zero-order chi connectivity index (χ0) is 16.4. The fourth-order valence-corrected chi connectivity index (χ4v) is 3.78. The van der Waals surface area contributed by atoms with E-state index in [0.717, 1.165) is 31.2 Å². The molecule has 23 heavy (non-hydrogen) atoms. The van der Waals surface area contributed by atoms with Gasteiger partial charge < -0.3 is 4.74 Å². The third-order valence-corrected chi connectivity index (χ3v) is 5.06. The van der Waals surface area contributed by atoms with Crippen LogP contribution in [0.4, 0.5) is 0 Å². The first-order valence-electron chi connectivity index (χ1n) is 8.18. The topological polar surface area (TPSA) is 62.6 Å². The van der Waals surface area contributed by atoms with Gasteiger partial charge in [0.2, 0.25) is 0 Å². The maximum atomic E-state index is 12.2. The van der Waals surface area contributed by atoms with Gasteiger partial charge in [-0.05, 0) is 24.1 Å². The number of fused-ring (bicyclic) bond motifs is 1. The molecule has 2 fully saturated rings. The number of rotatable bonds is 5. The number of unbranched alkanes of at least 4 members (excludes halogenated alkanes) is 1. The third-order valence-electron chi connectivity index (χ3n) is 5.06. The smallest absolute Gasteiger partial charge is 0.312 e. The van der Waals surface area contributed by atoms with E-state index >= 15 is 0 Å². The van der Waals surface area contributed by atoms with E-state index in [0.29, 0.717) is 12.1 Å². The third kappa shape index (κ3) is 2.52. The molecule has 2 heterocycles. The first-order valence-corrected chi connectivity index (χ1v) is 8.18. The van der Waals surface area contributed by atoms with Crippen LogP contribution in [0.2, 0.25) is 0 Å². The molecule has 0 radical (unpaired) electrons. The number of esters is 1. The van der Waals surface area contributed by atoms with Gasteiger partial charge in [0, 0.05) is 13.0 Å². The van der Waals surface area contributed by atoms with Crippen LogP contribution in [0.15, 0.2) is 24.3 Å². The highest BCUT2D eigenvalue weighted by Crippen LogP contribution is 2.54. The van der Waals surface area contributed by atoms with Crippen LogP contribution < -0.4 is 0 Å². The monoisotopic (exact) mass is 314 g/mol. The van der Waals surface area contributed by atoms with Crippen LogP contribution in [0.5, 0.6) is 0 Å². The zero-order valence-electron chi connectivity index (χ0n) is 13.6. The van der Waals surface area contributed by atoms with Crippen LogP contribution in [0.25, 0.3) is 0 Å². The lowest BCUT2D eigenvalue weighted by Crippen LogP contribution is -2.63. The van der Waals surface area contributed by atoms with Crippen molar-refractivity contribution in [2.45, 2.75) is 44.2 Å². The van der Waals surface area contributed by atoms with Gasteiger partial charge >= 0.3 is 5.97 Å². The van der Waals surface area contributed by atoms with E-state index in [9.17, 15) is 4.79 Å². The zero-order valence-corrected chi connectivity index (χ0v) is 13.6. The molecule has 0 amide bonds. The summed E-state index contributed by atoms with van der Waals surface area (Å²) in [4.78, 5) is 18.3. The Bertz CT molecular complexity index is 622. The average molecular weight is 314 g/mol. The number of carbonyl (C=O) groups is 1. The lowest BCUT2D eigenvalue weighted by atomic mass is 9.68. The summed E-state index contributed by atoms with van der Waals surface area (Å²) >= 11 is 0. The number of hydrogen-bond acceptors (Lipinski definition) is 5. The van der Waals surface area contributed by atoms with Crippen molar-refractivity contribution < 1.29 is 14.4 Å². The molecule has 0 bridgehead atoms. The van der Waals surface area contributed by atoms with E-state index < -0.39 is 5.54 Å². The lowest BCUT2D eigenvalue weighted by molar-refractivity contribution is -0.268. The van der Waals surface area contributed by atoms with Gasteiger partial charge in [0.25, 0.3) is 0 Å². The average Bonchev–Trinajstić information content (AvgIpc) is 2.86. The van der Waals surface area contributed by atoms with Crippen LogP contribution >= 0.6 is 0 Å². The van der Waals surface area contributed by atoms with Crippen LogP contribution in [-0.2, 0) is 19.9 Å². The maximum absolute atomic E-state index is 12.2. The van der Waals surface area contributed by atoms with Crippen LogP contribution in [0, 0.1) is 17.2 Å². The molecule has 0 N–H and O–H groups in total. The summed E-state index contributed by atoms with van der Waals surface area (Å²) in [6.45, 7) is 2.73. The minimum Gasteiger partial charge on any atom is -0.469 e. The molecule has 5 heteroatoms. The minimum atomic E-state index is -0.445. The number of nitrogens with zero attached hydrogens (tertiary/aromatic N) is 2. The van der Waals surface area contributed by atoms with Gasteiger partial charge in [-0.3, -0.25) is 9.63 Å². The Morgan fingerprint density at radius 3 is 2.83 bits per heavy atom. The van der Waals surface area contributed by atoms with Crippen molar-refractivity contribution >= 4 is 5.97 Å². The molecule has 0 unspecified atom stereocenters. The molecule has 0 aliphatic carbocycles. The summed E-state index contributed by atoms with van der Waals surface area (Å²) in [6, 6.07) is 9.61. The highest BCUT2D eigenvalue weighted by molar-refractivity contribution is 5.76. The number of ether oxygens (including phenoxy) is 1. The summed E-state index contributed by atoms with van der Waals surface area (Å²) < 4.78 is 5.00. The van der Waals surface area contributed by atoms with E-state index in [1.165, 1.54) is 7.11 Å². The van der Waals surface area contributed by atoms with E-state index in [1.54, 1.807) is 12.1 Å². The van der Waals surface area contributed by atoms with Crippen molar-refractivity contribution in [2.75, 3.05) is 13.7 Å². The van der Waals surface area contributed by atoms with E-state index in [2.05, 4.69) is 13.0 Å². The number of methoxy groups -OCH3 is 1. The normalized spacial score (nSPS) is 29.4. The summed E-state index contributed by atoms with van der Waals surface area (Å²) in [7, 11) is 1.43. The Kier molecular flexibility index (Phi) is 4.38. The fraction of sp³-hybridized carbons (Fsp3) is 0.556. The van der Waals surface area contributed by atoms with Crippen molar-refractivity contribution in [1.82, 2.24) is 5.06 Å². The Balaban J connectivity index is 1.91. The molecule has 1 aromatic rings. The van der Waals surface area contributed by atoms with E-state index in [1.807, 2.05) is 17.2 Å². The van der Waals surface area contributed by atoms with Gasteiger partial charge in [-0.1, -0.05) is 31.9 Å². The van der Waals surface area contributed by atoms with Crippen LogP contribution in [0.3, 0.4) is 0 Å². The predicted octanol–water partition coefficient (Wildman–Crippen LogP) is 2.75. The number of hydrogen-bond donors (Lipinski definition) is 0. The van der Waals surface area contributed by atoms with Crippen molar-refractivity contribution in [2.24, 2.45) is 5.92 Å². The lowest BCUT2D eigenvalue weighted by Gasteiger charge is -2.51. The molecular formula is C18H22N2O3. The Hall–Kier alpha value is -1.90. The van der Waals surface area contributed by atoms with Crippen molar-refractivity contribution in [1.29, 1.82) is 5.26 Å². The molecule has 2 saturated heterocycles. The van der Waals surface area contributed by atoms with Crippen molar-refractivity contribution in [3.63, 3.8) is 0 Å². The largest absolute Gasteiger partial charge is 0.469 e. The SMILES string of the molecule is CCCC[C@H]1C[C@@]2(c3ccc(C#N)cc3)[C@H](C(=O)OC)CN2O1. The van der Waals surface area contributed by atoms with Gasteiger partial charge in [-0.15, -0.1) is 0 Å². The summed E-state index contributed by atoms with van der Waals surface area (Å²) in [5.74, 6) is -0.405. The van der Waals surface area contributed by atoms with Gasteiger partial charge in [-0.25, -0.2) is 0 Å². The molecule has 0 saturated carbocycles. The quantitative estimate of drug-likeness (QED) is 0.782. The molecule has 3 atom stereocenters. The molecule has 0 spiro atoms. The second-order valence-corrected chi connectivity index (χ2v) is 6.32. The van der Waals surface area contributed by atoms with Crippen molar-refractivity contribution in [3.8, 4) is 6.07 Å². The van der Waals surface area contributed by atoms with Crippen molar-refractivity contribution in [3.05, 3.63) is 35.4 Å². The van der Waals surface area contributed by atoms with Crippen LogP contribution in [0.1, 0.15) is 43.7 Å². The molecule has 1 aromatic carbocycles. The fourth-order valence-electron chi connectivity index (χ4n) is 3.78. The summed E-state index contributed by atoms with van der Waals surface area (Å²) in [5, 5.41) is 10.9. The van der Waals surface area contributed by atoms with Crippen LogP contribution in [-0.4, -0.2) is 30.8 Å². The number of benzene rings is 1. The first-order chi connectivity index (χ1) is 11.2. The van der Waals surface area contributed by atoms with Gasteiger partial charge in [-0.2, -0.15) is 10.3 Å². The minimum absolute atomic E-state index is 0.139. The van der Waals surface area contributed by atoms with Gasteiger partial charge in [0.15, 0.2) is 0 Å². The first kappa shape index (κ1) is 16.0. The van der Waals surface area contributed by atoms with E-state index in [-0.39, 0.29) is 18.0 Å². The highest BCUT2D eigenvalue weighted by atomic mass is 16.7. The number of carbonyl (C=O) groups excluding carboxylic acids is 1. The highest BCUT2D eigenvalue weighted by Gasteiger charge is 2.64. The molecule has 2 aliphatic rings. The second-order valence-electron chi connectivity index (χ2n) is 6.32. The Labute approximate surface area is 136 Å². The Morgan fingerprint density at radius 2 is 2.22 bits per heavy atom. The summed E-state index contributed by atoms with van der Waals surface area (Å²) in [6.07, 6.45) is 4.17. The predicted molar refractivity (Wildman–Crippen MR) is 84.1 cm³/mol. The molecular weight excluding hydrogens is 292 g/mol. The standard InChI is InChI=1S/C18H22N2O3/c1-3-4-5-15-10-18(14-8-6-13(11-19)7-9-14)16(17(21)22-2)12-20(18)23-15/h6-9,15-16H,3-5,10,12H2,1-2H3/t15-,16-,18+/m0/s1. The molecule has 122 valence electrons. The molecule has 2 aliphatic heterocycles. The number of nitriles is 1. The Morgan fingerprint density at radius 1 is 1.48 bits per heavy atom. The molecule has 3 rings (SSSR count). The van der Waals surface area contributed by atoms with Gasteiger partial charge in [0.1, 0.15) is 0 Å². The molecule has 5 nitrogen and oxygen atoms in total. The molecule has 0 aromatic heterocycles. The second kappa shape index (κ2) is 6.31.